The summed E-state index contributed by atoms with van der Waals surface area (Å²) in [4.78, 5) is 2.65. The summed E-state index contributed by atoms with van der Waals surface area (Å²) >= 11 is 0. The molecule has 2 N–H and O–H groups in total. The molecule has 3 heteroatoms. The van der Waals surface area contributed by atoms with Crippen LogP contribution in [0, 0.1) is 11.8 Å². The third-order valence-corrected chi connectivity index (χ3v) is 4.70. The molecule has 2 fully saturated rings. The first-order valence-electron chi connectivity index (χ1n) is 7.14. The van der Waals surface area contributed by atoms with Crippen LogP contribution in [0.25, 0.3) is 0 Å². The highest BCUT2D eigenvalue weighted by Crippen LogP contribution is 2.36. The number of hydrogen-bond donors (Lipinski definition) is 1. The highest BCUT2D eigenvalue weighted by molar-refractivity contribution is 4.99. The second-order valence-electron chi connectivity index (χ2n) is 6.38. The lowest BCUT2D eigenvalue weighted by molar-refractivity contribution is -0.0828. The Morgan fingerprint density at radius 2 is 2.24 bits per heavy atom. The Morgan fingerprint density at radius 1 is 1.47 bits per heavy atom. The van der Waals surface area contributed by atoms with Crippen molar-refractivity contribution in [3.05, 3.63) is 0 Å². The molecule has 0 aliphatic carbocycles. The van der Waals surface area contributed by atoms with Gasteiger partial charge in [0, 0.05) is 25.2 Å². The first kappa shape index (κ1) is 13.3. The fourth-order valence-corrected chi connectivity index (χ4v) is 3.33. The van der Waals surface area contributed by atoms with E-state index >= 15 is 0 Å². The van der Waals surface area contributed by atoms with E-state index < -0.39 is 0 Å². The number of ether oxygens (including phenoxy) is 1. The van der Waals surface area contributed by atoms with E-state index in [1.54, 1.807) is 0 Å². The maximum atomic E-state index is 6.13. The normalized spacial score (nSPS) is 40.1. The Labute approximate surface area is 106 Å². The van der Waals surface area contributed by atoms with Gasteiger partial charge in [-0.25, -0.2) is 0 Å². The highest BCUT2D eigenvalue weighted by Gasteiger charge is 2.43. The number of nitrogens with two attached hydrogens (primary N) is 1. The molecule has 3 atom stereocenters. The van der Waals surface area contributed by atoms with Crippen molar-refractivity contribution in [1.29, 1.82) is 0 Å². The molecule has 0 bridgehead atoms. The van der Waals surface area contributed by atoms with Gasteiger partial charge in [0.25, 0.3) is 0 Å². The molecule has 0 aromatic rings. The molecule has 100 valence electrons. The van der Waals surface area contributed by atoms with Gasteiger partial charge in [-0.05, 0) is 37.6 Å². The molecule has 0 amide bonds. The van der Waals surface area contributed by atoms with E-state index in [1.165, 1.54) is 19.5 Å². The van der Waals surface area contributed by atoms with Gasteiger partial charge in [0.15, 0.2) is 0 Å². The van der Waals surface area contributed by atoms with Crippen molar-refractivity contribution in [2.45, 2.75) is 51.7 Å². The van der Waals surface area contributed by atoms with Gasteiger partial charge in [-0.2, -0.15) is 0 Å². The third kappa shape index (κ3) is 2.67. The molecular formula is C14H28N2O. The number of hydrogen-bond acceptors (Lipinski definition) is 3. The van der Waals surface area contributed by atoms with Crippen molar-refractivity contribution in [3.63, 3.8) is 0 Å². The summed E-state index contributed by atoms with van der Waals surface area (Å²) in [6, 6.07) is 0. The molecule has 3 nitrogen and oxygen atoms in total. The molecule has 0 radical (unpaired) electrons. The average molecular weight is 240 g/mol. The summed E-state index contributed by atoms with van der Waals surface area (Å²) in [5.74, 6) is 1.43. The van der Waals surface area contributed by atoms with Gasteiger partial charge in [-0.15, -0.1) is 0 Å². The lowest BCUT2D eigenvalue weighted by Gasteiger charge is -2.47. The van der Waals surface area contributed by atoms with Crippen LogP contribution in [-0.4, -0.2) is 42.8 Å². The zero-order valence-electron chi connectivity index (χ0n) is 11.6. The molecule has 2 saturated heterocycles. The van der Waals surface area contributed by atoms with Crippen LogP contribution in [0.1, 0.15) is 40.0 Å². The average Bonchev–Trinajstić information content (AvgIpc) is 2.76. The van der Waals surface area contributed by atoms with E-state index in [0.717, 1.165) is 31.9 Å². The summed E-state index contributed by atoms with van der Waals surface area (Å²) in [6.07, 6.45) is 3.95. The second kappa shape index (κ2) is 5.25. The predicted molar refractivity (Wildman–Crippen MR) is 71.0 cm³/mol. The van der Waals surface area contributed by atoms with Crippen molar-refractivity contribution in [2.75, 3.05) is 26.2 Å². The van der Waals surface area contributed by atoms with Gasteiger partial charge < -0.3 is 10.5 Å². The Bertz CT molecular complexity index is 257. The highest BCUT2D eigenvalue weighted by atomic mass is 16.5. The smallest absolute Gasteiger partial charge is 0.0616 e. The van der Waals surface area contributed by atoms with Crippen molar-refractivity contribution in [1.82, 2.24) is 4.90 Å². The van der Waals surface area contributed by atoms with Gasteiger partial charge in [-0.3, -0.25) is 4.90 Å². The number of nitrogens with zero attached hydrogens (tertiary/aromatic N) is 1. The van der Waals surface area contributed by atoms with Crippen molar-refractivity contribution in [2.24, 2.45) is 17.6 Å². The minimum absolute atomic E-state index is 0.220. The largest absolute Gasteiger partial charge is 0.378 e. The number of likely N-dealkylation sites (tertiary alicyclic amines) is 1. The van der Waals surface area contributed by atoms with E-state index in [-0.39, 0.29) is 5.54 Å². The number of rotatable bonds is 3. The summed E-state index contributed by atoms with van der Waals surface area (Å²) in [5.41, 5.74) is 6.35. The Kier molecular flexibility index (Phi) is 4.11. The molecule has 0 spiro atoms. The lowest BCUT2D eigenvalue weighted by atomic mass is 9.82. The molecule has 17 heavy (non-hydrogen) atoms. The molecular weight excluding hydrogens is 212 g/mol. The van der Waals surface area contributed by atoms with Crippen molar-refractivity contribution < 1.29 is 4.74 Å². The first-order valence-corrected chi connectivity index (χ1v) is 7.14. The van der Waals surface area contributed by atoms with Gasteiger partial charge in [0.05, 0.1) is 6.10 Å². The fraction of sp³-hybridized carbons (Fsp3) is 1.00. The van der Waals surface area contributed by atoms with Gasteiger partial charge in [-0.1, -0.05) is 20.8 Å². The third-order valence-electron chi connectivity index (χ3n) is 4.70. The van der Waals surface area contributed by atoms with Crippen LogP contribution >= 0.6 is 0 Å². The summed E-state index contributed by atoms with van der Waals surface area (Å²) in [5, 5.41) is 0. The maximum Gasteiger partial charge on any atom is 0.0616 e. The molecule has 2 aliphatic heterocycles. The van der Waals surface area contributed by atoms with Crippen LogP contribution in [0.15, 0.2) is 0 Å². The molecule has 2 heterocycles. The molecule has 2 rings (SSSR count). The zero-order chi connectivity index (χ0) is 12.5. The minimum atomic E-state index is 0.220. The molecule has 0 aromatic heterocycles. The summed E-state index contributed by atoms with van der Waals surface area (Å²) in [7, 11) is 0. The Balaban J connectivity index is 2.07. The van der Waals surface area contributed by atoms with Crippen molar-refractivity contribution >= 4 is 0 Å². The van der Waals surface area contributed by atoms with E-state index in [1.807, 2.05) is 0 Å². The SMILES string of the molecule is CC1CCN(C2(CN)CCOC(C(C)C)C2)C1. The molecule has 3 unspecified atom stereocenters. The first-order chi connectivity index (χ1) is 8.07. The summed E-state index contributed by atoms with van der Waals surface area (Å²) in [6.45, 7) is 11.0. The minimum Gasteiger partial charge on any atom is -0.378 e. The Morgan fingerprint density at radius 3 is 2.76 bits per heavy atom. The van der Waals surface area contributed by atoms with E-state index in [0.29, 0.717) is 12.0 Å². The maximum absolute atomic E-state index is 6.13. The predicted octanol–water partition coefficient (Wildman–Crippen LogP) is 1.86. The van der Waals surface area contributed by atoms with E-state index in [9.17, 15) is 0 Å². The van der Waals surface area contributed by atoms with Gasteiger partial charge in [0.2, 0.25) is 0 Å². The van der Waals surface area contributed by atoms with Crippen LogP contribution < -0.4 is 5.73 Å². The topological polar surface area (TPSA) is 38.5 Å². The van der Waals surface area contributed by atoms with Gasteiger partial charge in [0.1, 0.15) is 0 Å². The van der Waals surface area contributed by atoms with Crippen LogP contribution in [0.5, 0.6) is 0 Å². The Hall–Kier alpha value is -0.120. The lowest BCUT2D eigenvalue weighted by Crippen LogP contribution is -2.58. The second-order valence-corrected chi connectivity index (χ2v) is 6.38. The van der Waals surface area contributed by atoms with Crippen molar-refractivity contribution in [3.8, 4) is 0 Å². The molecule has 2 aliphatic rings. The fourth-order valence-electron chi connectivity index (χ4n) is 3.33. The van der Waals surface area contributed by atoms with Crippen LogP contribution in [-0.2, 0) is 4.74 Å². The van der Waals surface area contributed by atoms with Crippen LogP contribution in [0.2, 0.25) is 0 Å². The van der Waals surface area contributed by atoms with Crippen LogP contribution in [0.3, 0.4) is 0 Å². The monoisotopic (exact) mass is 240 g/mol. The van der Waals surface area contributed by atoms with Crippen LogP contribution in [0.4, 0.5) is 0 Å². The quantitative estimate of drug-likeness (QED) is 0.818. The zero-order valence-corrected chi connectivity index (χ0v) is 11.6. The molecule has 0 saturated carbocycles. The summed E-state index contributed by atoms with van der Waals surface area (Å²) < 4.78 is 5.90. The van der Waals surface area contributed by atoms with E-state index in [2.05, 4.69) is 25.7 Å². The van der Waals surface area contributed by atoms with Gasteiger partial charge >= 0.3 is 0 Å². The standard InChI is InChI=1S/C14H28N2O/c1-11(2)13-8-14(10-15,5-7-17-13)16-6-4-12(3)9-16/h11-13H,4-10,15H2,1-3H3. The van der Waals surface area contributed by atoms with E-state index in [4.69, 9.17) is 10.5 Å². The molecule has 0 aromatic carbocycles.